The molecule has 0 unspecified atom stereocenters. The first-order valence-corrected chi connectivity index (χ1v) is 6.69. The largest absolute Gasteiger partial charge is 0.474 e. The molecule has 0 N–H and O–H groups in total. The van der Waals surface area contributed by atoms with Gasteiger partial charge in [0.15, 0.2) is 17.2 Å². The molecule has 0 aromatic carbocycles. The molecule has 0 aliphatic carbocycles. The van der Waals surface area contributed by atoms with Crippen LogP contribution in [0, 0.1) is 3.57 Å². The van der Waals surface area contributed by atoms with Crippen molar-refractivity contribution >= 4 is 34.3 Å². The Labute approximate surface area is 120 Å². The number of aromatic nitrogens is 1. The van der Waals surface area contributed by atoms with Crippen LogP contribution < -0.4 is 9.64 Å². The van der Waals surface area contributed by atoms with E-state index in [0.29, 0.717) is 24.7 Å². The summed E-state index contributed by atoms with van der Waals surface area (Å²) in [4.78, 5) is 18.2. The SMILES string of the molecule is COCCN1C(=O)C(C)(C)Oc2cc(I)cnc21. The molecule has 1 aromatic heterocycles. The van der Waals surface area contributed by atoms with Gasteiger partial charge >= 0.3 is 0 Å². The number of hydrogen-bond acceptors (Lipinski definition) is 4. The van der Waals surface area contributed by atoms with Crippen LogP contribution in [-0.2, 0) is 9.53 Å². The maximum absolute atomic E-state index is 12.3. The van der Waals surface area contributed by atoms with Gasteiger partial charge in [-0.05, 0) is 42.5 Å². The normalized spacial score (nSPS) is 17.3. The third kappa shape index (κ3) is 2.44. The van der Waals surface area contributed by atoms with Gasteiger partial charge in [0.2, 0.25) is 0 Å². The van der Waals surface area contributed by atoms with Gasteiger partial charge in [-0.3, -0.25) is 9.69 Å². The predicted octanol–water partition coefficient (Wildman–Crippen LogP) is 1.84. The Morgan fingerprint density at radius 1 is 1.56 bits per heavy atom. The number of amides is 1. The molecule has 0 radical (unpaired) electrons. The van der Waals surface area contributed by atoms with Gasteiger partial charge < -0.3 is 9.47 Å². The minimum atomic E-state index is -0.868. The van der Waals surface area contributed by atoms with Gasteiger partial charge in [0.25, 0.3) is 5.91 Å². The molecule has 1 aliphatic heterocycles. The van der Waals surface area contributed by atoms with Crippen LogP contribution >= 0.6 is 22.6 Å². The third-order valence-corrected chi connectivity index (χ3v) is 3.29. The van der Waals surface area contributed by atoms with Crippen LogP contribution in [0.25, 0.3) is 0 Å². The van der Waals surface area contributed by atoms with Crippen LogP contribution in [0.5, 0.6) is 5.75 Å². The molecule has 0 saturated heterocycles. The van der Waals surface area contributed by atoms with Crippen molar-refractivity contribution in [1.29, 1.82) is 0 Å². The first-order chi connectivity index (χ1) is 8.45. The Bertz CT molecular complexity index is 476. The Balaban J connectivity index is 2.42. The molecule has 98 valence electrons. The van der Waals surface area contributed by atoms with Gasteiger partial charge in [0.05, 0.1) is 13.2 Å². The van der Waals surface area contributed by atoms with Crippen LogP contribution in [-0.4, -0.2) is 36.8 Å². The number of fused-ring (bicyclic) bond motifs is 1. The van der Waals surface area contributed by atoms with E-state index < -0.39 is 5.60 Å². The van der Waals surface area contributed by atoms with Gasteiger partial charge in [-0.2, -0.15) is 0 Å². The quantitative estimate of drug-likeness (QED) is 0.770. The van der Waals surface area contributed by atoms with Crippen LogP contribution in [0.2, 0.25) is 0 Å². The monoisotopic (exact) mass is 362 g/mol. The fourth-order valence-electron chi connectivity index (χ4n) is 1.82. The molecule has 18 heavy (non-hydrogen) atoms. The average molecular weight is 362 g/mol. The zero-order valence-corrected chi connectivity index (χ0v) is 12.7. The molecule has 1 aromatic rings. The number of methoxy groups -OCH3 is 1. The van der Waals surface area contributed by atoms with E-state index in [2.05, 4.69) is 27.6 Å². The summed E-state index contributed by atoms with van der Waals surface area (Å²) in [7, 11) is 1.61. The molecule has 2 rings (SSSR count). The minimum Gasteiger partial charge on any atom is -0.474 e. The highest BCUT2D eigenvalue weighted by molar-refractivity contribution is 14.1. The van der Waals surface area contributed by atoms with Gasteiger partial charge in [0.1, 0.15) is 0 Å². The van der Waals surface area contributed by atoms with Crippen molar-refractivity contribution in [1.82, 2.24) is 4.98 Å². The molecule has 1 aliphatic rings. The van der Waals surface area contributed by atoms with Crippen molar-refractivity contribution in [3.8, 4) is 5.75 Å². The zero-order chi connectivity index (χ0) is 13.3. The summed E-state index contributed by atoms with van der Waals surface area (Å²) in [6, 6.07) is 1.89. The first-order valence-electron chi connectivity index (χ1n) is 5.61. The van der Waals surface area contributed by atoms with Crippen molar-refractivity contribution in [2.75, 3.05) is 25.2 Å². The molecule has 1 amide bonds. The Kier molecular flexibility index (Phi) is 3.76. The summed E-state index contributed by atoms with van der Waals surface area (Å²) in [6.07, 6.45) is 1.72. The molecular weight excluding hydrogens is 347 g/mol. The highest BCUT2D eigenvalue weighted by atomic mass is 127. The fourth-order valence-corrected chi connectivity index (χ4v) is 2.24. The molecule has 6 heteroatoms. The number of carbonyl (C=O) groups excluding carboxylic acids is 1. The van der Waals surface area contributed by atoms with Gasteiger partial charge in [0, 0.05) is 16.9 Å². The highest BCUT2D eigenvalue weighted by Crippen LogP contribution is 2.36. The molecular formula is C12H15IN2O3. The lowest BCUT2D eigenvalue weighted by Crippen LogP contribution is -2.53. The summed E-state index contributed by atoms with van der Waals surface area (Å²) in [5.74, 6) is 1.11. The Morgan fingerprint density at radius 3 is 2.94 bits per heavy atom. The number of nitrogens with zero attached hydrogens (tertiary/aromatic N) is 2. The van der Waals surface area contributed by atoms with E-state index in [4.69, 9.17) is 9.47 Å². The molecule has 0 fully saturated rings. The topological polar surface area (TPSA) is 51.7 Å². The number of pyridine rings is 1. The smallest absolute Gasteiger partial charge is 0.271 e. The second-order valence-electron chi connectivity index (χ2n) is 4.54. The van der Waals surface area contributed by atoms with E-state index in [9.17, 15) is 4.79 Å². The lowest BCUT2D eigenvalue weighted by Gasteiger charge is -2.37. The second-order valence-corrected chi connectivity index (χ2v) is 5.78. The first kappa shape index (κ1) is 13.5. The van der Waals surface area contributed by atoms with Crippen LogP contribution in [0.1, 0.15) is 13.8 Å². The number of ether oxygens (including phenoxy) is 2. The number of rotatable bonds is 3. The molecule has 0 atom stereocenters. The molecule has 0 saturated carbocycles. The van der Waals surface area contributed by atoms with Gasteiger partial charge in [-0.1, -0.05) is 0 Å². The Morgan fingerprint density at radius 2 is 2.28 bits per heavy atom. The molecule has 5 nitrogen and oxygen atoms in total. The van der Waals surface area contributed by atoms with E-state index >= 15 is 0 Å². The van der Waals surface area contributed by atoms with Gasteiger partial charge in [-0.25, -0.2) is 4.98 Å². The standard InChI is InChI=1S/C12H15IN2O3/c1-12(2)11(16)15(4-5-17-3)10-9(18-12)6-8(13)7-14-10/h6-7H,4-5H2,1-3H3. The summed E-state index contributed by atoms with van der Waals surface area (Å²) >= 11 is 2.17. The number of carbonyl (C=O) groups is 1. The third-order valence-electron chi connectivity index (χ3n) is 2.70. The van der Waals surface area contributed by atoms with Crippen molar-refractivity contribution in [3.63, 3.8) is 0 Å². The number of anilines is 1. The number of halogens is 1. The van der Waals surface area contributed by atoms with E-state index in [-0.39, 0.29) is 5.91 Å². The van der Waals surface area contributed by atoms with Crippen LogP contribution in [0.3, 0.4) is 0 Å². The molecule has 0 bridgehead atoms. The van der Waals surface area contributed by atoms with E-state index in [1.165, 1.54) is 0 Å². The zero-order valence-electron chi connectivity index (χ0n) is 10.6. The number of hydrogen-bond donors (Lipinski definition) is 0. The summed E-state index contributed by atoms with van der Waals surface area (Å²) < 4.78 is 11.7. The fraction of sp³-hybridized carbons (Fsp3) is 0.500. The molecule has 0 spiro atoms. The van der Waals surface area contributed by atoms with E-state index in [1.807, 2.05) is 6.07 Å². The van der Waals surface area contributed by atoms with E-state index in [1.54, 1.807) is 32.1 Å². The summed E-state index contributed by atoms with van der Waals surface area (Å²) in [5, 5.41) is 0. The van der Waals surface area contributed by atoms with Crippen molar-refractivity contribution in [2.24, 2.45) is 0 Å². The van der Waals surface area contributed by atoms with Crippen molar-refractivity contribution < 1.29 is 14.3 Å². The lowest BCUT2D eigenvalue weighted by molar-refractivity contribution is -0.133. The van der Waals surface area contributed by atoms with Crippen molar-refractivity contribution in [2.45, 2.75) is 19.4 Å². The lowest BCUT2D eigenvalue weighted by atomic mass is 10.1. The van der Waals surface area contributed by atoms with Gasteiger partial charge in [-0.15, -0.1) is 0 Å². The van der Waals surface area contributed by atoms with Crippen LogP contribution in [0.15, 0.2) is 12.3 Å². The Hall–Kier alpha value is -0.890. The van der Waals surface area contributed by atoms with Crippen molar-refractivity contribution in [3.05, 3.63) is 15.8 Å². The average Bonchev–Trinajstić information content (AvgIpc) is 2.29. The molecule has 2 heterocycles. The predicted molar refractivity (Wildman–Crippen MR) is 75.9 cm³/mol. The van der Waals surface area contributed by atoms with E-state index in [0.717, 1.165) is 3.57 Å². The minimum absolute atomic E-state index is 0.0965. The maximum Gasteiger partial charge on any atom is 0.271 e. The summed E-state index contributed by atoms with van der Waals surface area (Å²) in [6.45, 7) is 4.47. The maximum atomic E-state index is 12.3. The summed E-state index contributed by atoms with van der Waals surface area (Å²) in [5.41, 5.74) is -0.868. The second kappa shape index (κ2) is 5.00. The highest BCUT2D eigenvalue weighted by Gasteiger charge is 2.41. The van der Waals surface area contributed by atoms with Crippen LogP contribution in [0.4, 0.5) is 5.82 Å².